The van der Waals surface area contributed by atoms with E-state index in [0.717, 1.165) is 23.6 Å². The van der Waals surface area contributed by atoms with Gasteiger partial charge in [0.15, 0.2) is 5.96 Å². The van der Waals surface area contributed by atoms with Crippen LogP contribution >= 0.6 is 0 Å². The molecule has 1 fully saturated rings. The number of aromatic nitrogens is 2. The van der Waals surface area contributed by atoms with E-state index in [1.165, 1.54) is 4.90 Å². The van der Waals surface area contributed by atoms with Gasteiger partial charge < -0.3 is 10.2 Å². The maximum Gasteiger partial charge on any atom is 0.401 e. The van der Waals surface area contributed by atoms with Gasteiger partial charge in [-0.25, -0.2) is 0 Å². The highest BCUT2D eigenvalue weighted by Crippen LogP contribution is 2.22. The molecule has 6 nitrogen and oxygen atoms in total. The van der Waals surface area contributed by atoms with Crippen molar-refractivity contribution in [1.29, 1.82) is 0 Å². The second-order valence-corrected chi connectivity index (χ2v) is 7.66. The Morgan fingerprint density at radius 1 is 1.44 bits per heavy atom. The summed E-state index contributed by atoms with van der Waals surface area (Å²) in [6.45, 7) is 5.66. The van der Waals surface area contributed by atoms with Gasteiger partial charge in [-0.3, -0.25) is 14.6 Å². The lowest BCUT2D eigenvalue weighted by Gasteiger charge is -2.24. The molecule has 0 aliphatic carbocycles. The number of nitrogens with zero attached hydrogens (tertiary/aromatic N) is 5. The Bertz CT molecular complexity index is 638. The Kier molecular flexibility index (Phi) is 7.13. The lowest BCUT2D eigenvalue weighted by atomic mass is 10.1. The highest BCUT2D eigenvalue weighted by Gasteiger charge is 2.34. The molecular weight excluding hydrogens is 357 g/mol. The summed E-state index contributed by atoms with van der Waals surface area (Å²) < 4.78 is 39.4. The van der Waals surface area contributed by atoms with Crippen molar-refractivity contribution < 1.29 is 13.2 Å². The first-order valence-corrected chi connectivity index (χ1v) is 9.32. The number of nitrogens with one attached hydrogen (secondary N) is 1. The van der Waals surface area contributed by atoms with Crippen molar-refractivity contribution >= 4 is 5.96 Å². The summed E-state index contributed by atoms with van der Waals surface area (Å²) >= 11 is 0. The molecule has 1 saturated heterocycles. The van der Waals surface area contributed by atoms with Gasteiger partial charge in [-0.1, -0.05) is 13.8 Å². The Labute approximate surface area is 159 Å². The smallest absolute Gasteiger partial charge is 0.356 e. The fraction of sp³-hybridized carbons (Fsp3) is 0.778. The zero-order valence-electron chi connectivity index (χ0n) is 16.8. The monoisotopic (exact) mass is 388 g/mol. The maximum absolute atomic E-state index is 12.5. The van der Waals surface area contributed by atoms with E-state index in [-0.39, 0.29) is 5.92 Å². The van der Waals surface area contributed by atoms with Crippen molar-refractivity contribution in [3.8, 4) is 0 Å². The van der Waals surface area contributed by atoms with Crippen molar-refractivity contribution in [2.45, 2.75) is 38.9 Å². The van der Waals surface area contributed by atoms with E-state index in [0.29, 0.717) is 32.1 Å². The predicted molar refractivity (Wildman–Crippen MR) is 101 cm³/mol. The third kappa shape index (κ3) is 6.41. The molecule has 27 heavy (non-hydrogen) atoms. The molecule has 2 heterocycles. The topological polar surface area (TPSA) is 48.7 Å². The van der Waals surface area contributed by atoms with E-state index >= 15 is 0 Å². The summed E-state index contributed by atoms with van der Waals surface area (Å²) in [6.07, 6.45) is -1.34. The van der Waals surface area contributed by atoms with Crippen molar-refractivity contribution in [3.05, 3.63) is 17.5 Å². The third-order valence-corrected chi connectivity index (χ3v) is 4.79. The van der Waals surface area contributed by atoms with Crippen molar-refractivity contribution in [1.82, 2.24) is 24.9 Å². The van der Waals surface area contributed by atoms with Gasteiger partial charge in [0.05, 0.1) is 12.2 Å². The van der Waals surface area contributed by atoms with Crippen LogP contribution in [-0.4, -0.2) is 72.0 Å². The van der Waals surface area contributed by atoms with Crippen LogP contribution in [0.3, 0.4) is 0 Å². The number of hydrogen-bond donors (Lipinski definition) is 1. The van der Waals surface area contributed by atoms with Crippen LogP contribution in [0.4, 0.5) is 13.2 Å². The molecule has 0 bridgehead atoms. The number of halogens is 3. The van der Waals surface area contributed by atoms with Gasteiger partial charge in [-0.15, -0.1) is 0 Å². The van der Waals surface area contributed by atoms with E-state index in [1.807, 2.05) is 29.9 Å². The van der Waals surface area contributed by atoms with Gasteiger partial charge in [0, 0.05) is 52.5 Å². The zero-order chi connectivity index (χ0) is 20.2. The SMILES string of the molecule is CN=C(NCC1CCN(CC(F)(F)F)C1)N(C)Cc1cn(C)nc1C(C)C. The molecule has 9 heteroatoms. The van der Waals surface area contributed by atoms with Gasteiger partial charge >= 0.3 is 6.18 Å². The summed E-state index contributed by atoms with van der Waals surface area (Å²) in [6, 6.07) is 0. The summed E-state index contributed by atoms with van der Waals surface area (Å²) in [5, 5.41) is 7.84. The summed E-state index contributed by atoms with van der Waals surface area (Å²) in [7, 11) is 5.59. The first-order chi connectivity index (χ1) is 12.6. The molecule has 0 spiro atoms. The average Bonchev–Trinajstić information content (AvgIpc) is 3.12. The van der Waals surface area contributed by atoms with Crippen LogP contribution in [0.1, 0.15) is 37.4 Å². The molecule has 2 rings (SSSR count). The minimum absolute atomic E-state index is 0.196. The minimum atomic E-state index is -4.13. The number of alkyl halides is 3. The molecule has 0 radical (unpaired) electrons. The van der Waals surface area contributed by atoms with Gasteiger partial charge in [0.1, 0.15) is 0 Å². The Morgan fingerprint density at radius 3 is 2.74 bits per heavy atom. The number of rotatable bonds is 6. The minimum Gasteiger partial charge on any atom is -0.356 e. The van der Waals surface area contributed by atoms with Crippen LogP contribution in [0.15, 0.2) is 11.2 Å². The van der Waals surface area contributed by atoms with Crippen LogP contribution in [0, 0.1) is 5.92 Å². The second-order valence-electron chi connectivity index (χ2n) is 7.66. The maximum atomic E-state index is 12.5. The third-order valence-electron chi connectivity index (χ3n) is 4.79. The molecule has 1 unspecified atom stereocenters. The van der Waals surface area contributed by atoms with Gasteiger partial charge in [0.2, 0.25) is 0 Å². The highest BCUT2D eigenvalue weighted by atomic mass is 19.4. The van der Waals surface area contributed by atoms with Gasteiger partial charge in [0.25, 0.3) is 0 Å². The summed E-state index contributed by atoms with van der Waals surface area (Å²) in [4.78, 5) is 7.81. The molecule has 1 N–H and O–H groups in total. The van der Waals surface area contributed by atoms with Crippen LogP contribution in [0.2, 0.25) is 0 Å². The average molecular weight is 388 g/mol. The van der Waals surface area contributed by atoms with E-state index < -0.39 is 12.7 Å². The predicted octanol–water partition coefficient (Wildman–Crippen LogP) is 2.43. The molecule has 0 amide bonds. The molecular formula is C18H31F3N6. The molecule has 1 aliphatic heterocycles. The van der Waals surface area contributed by atoms with Crippen molar-refractivity contribution in [2.24, 2.45) is 18.0 Å². The van der Waals surface area contributed by atoms with Crippen molar-refractivity contribution in [2.75, 3.05) is 40.3 Å². The Hall–Kier alpha value is -1.77. The first kappa shape index (κ1) is 21.5. The summed E-state index contributed by atoms with van der Waals surface area (Å²) in [5.74, 6) is 1.27. The largest absolute Gasteiger partial charge is 0.401 e. The first-order valence-electron chi connectivity index (χ1n) is 9.32. The van der Waals surface area contributed by atoms with Crippen LogP contribution in [-0.2, 0) is 13.6 Å². The van der Waals surface area contributed by atoms with E-state index in [4.69, 9.17) is 0 Å². The van der Waals surface area contributed by atoms with E-state index in [1.54, 1.807) is 7.05 Å². The van der Waals surface area contributed by atoms with Crippen molar-refractivity contribution in [3.63, 3.8) is 0 Å². The molecule has 1 aromatic heterocycles. The molecule has 1 aliphatic rings. The van der Waals surface area contributed by atoms with Crippen LogP contribution < -0.4 is 5.32 Å². The molecule has 0 saturated carbocycles. The second kappa shape index (κ2) is 8.95. The van der Waals surface area contributed by atoms with Crippen LogP contribution in [0.25, 0.3) is 0 Å². The Morgan fingerprint density at radius 2 is 2.15 bits per heavy atom. The Balaban J connectivity index is 1.87. The standard InChI is InChI=1S/C18H31F3N6/c1-13(2)16-15(11-26(5)24-16)10-25(4)17(22-3)23-8-14-6-7-27(9-14)12-18(19,20)21/h11,13-14H,6-10,12H2,1-5H3,(H,22,23). The van der Waals surface area contributed by atoms with Crippen LogP contribution in [0.5, 0.6) is 0 Å². The van der Waals surface area contributed by atoms with Gasteiger partial charge in [-0.05, 0) is 24.8 Å². The normalized spacial score (nSPS) is 19.1. The molecule has 154 valence electrons. The number of guanidine groups is 1. The van der Waals surface area contributed by atoms with E-state index in [2.05, 4.69) is 29.3 Å². The fourth-order valence-corrected chi connectivity index (χ4v) is 3.59. The number of likely N-dealkylation sites (tertiary alicyclic amines) is 1. The fourth-order valence-electron chi connectivity index (χ4n) is 3.59. The summed E-state index contributed by atoms with van der Waals surface area (Å²) in [5.41, 5.74) is 2.22. The zero-order valence-corrected chi connectivity index (χ0v) is 16.8. The quantitative estimate of drug-likeness (QED) is 0.601. The molecule has 1 atom stereocenters. The lowest BCUT2D eigenvalue weighted by molar-refractivity contribution is -0.143. The molecule has 0 aromatic carbocycles. The number of aryl methyl sites for hydroxylation is 1. The highest BCUT2D eigenvalue weighted by molar-refractivity contribution is 5.79. The number of hydrogen-bond acceptors (Lipinski definition) is 3. The lowest BCUT2D eigenvalue weighted by Crippen LogP contribution is -2.41. The number of aliphatic imine (C=N–C) groups is 1. The molecule has 1 aromatic rings. The van der Waals surface area contributed by atoms with Gasteiger partial charge in [-0.2, -0.15) is 18.3 Å². The van der Waals surface area contributed by atoms with E-state index in [9.17, 15) is 13.2 Å².